The highest BCUT2D eigenvalue weighted by molar-refractivity contribution is 6.07. The second kappa shape index (κ2) is 32.5. The number of hydrogen-bond donors (Lipinski definition) is 1. The topological polar surface area (TPSA) is 209 Å². The molecule has 103 heavy (non-hydrogen) atoms. The molecule has 4 aromatic carbocycles. The van der Waals surface area contributed by atoms with Gasteiger partial charge in [0.15, 0.2) is 23.1 Å². The second-order valence-electron chi connectivity index (χ2n) is 28.4. The van der Waals surface area contributed by atoms with Crippen molar-refractivity contribution in [3.63, 3.8) is 0 Å². The first-order valence-corrected chi connectivity index (χ1v) is 35.7. The molecule has 0 bridgehead atoms. The van der Waals surface area contributed by atoms with Gasteiger partial charge in [0.25, 0.3) is 19.3 Å². The van der Waals surface area contributed by atoms with Gasteiger partial charge in [-0.15, -0.1) is 0 Å². The highest BCUT2D eigenvalue weighted by atomic mass is 19.3. The summed E-state index contributed by atoms with van der Waals surface area (Å²) >= 11 is 0. The van der Waals surface area contributed by atoms with Crippen molar-refractivity contribution < 1.29 is 82.8 Å². The van der Waals surface area contributed by atoms with Gasteiger partial charge >= 0.3 is 0 Å². The molecule has 4 aliphatic carbocycles. The van der Waals surface area contributed by atoms with Gasteiger partial charge in [0.2, 0.25) is 30.1 Å². The standard InChI is InChI=1S/C20H25F2NO3.2C19H18F2N2O2.C18H23NO3.C3H6F2/c1-14-16-7-10-23(13-17(21)22)18(24)19(16,15-5-3-2-4-6-15)8-9-20(14)25-11-12-26-20;2*1-12-15-7-8-23(11-16(20)21)18(25)19(15,9-13(10-22)17(12)24)14-5-3-2-4-6-14;1-13-15-7-10-19-16(20)17(15,14-5-3-2-4-6-14)8-9-18(13)21-11-12-22-18;1-2-3(4)5/h2-6,14,16-17H,7-13H2,1H3;2*2-6,9,12,15-16H,7-8,11H2,1H3;2-6,13,15H,7-12H2,1H3,(H,19,20);3H,2H2,1H3/t14-,16-,19+;2*12-,15-,19+;13-,15-,17+;/m0100./s1. The number of fused-ring (bicyclic) bond motifs is 4. The Bertz CT molecular complexity index is 3680. The van der Waals surface area contributed by atoms with E-state index in [9.17, 15) is 74.4 Å². The number of benzene rings is 4. The molecule has 8 fully saturated rings. The van der Waals surface area contributed by atoms with E-state index in [0.29, 0.717) is 76.2 Å². The van der Waals surface area contributed by atoms with Crippen molar-refractivity contribution in [1.82, 2.24) is 20.0 Å². The maximum atomic E-state index is 13.5. The Kier molecular flexibility index (Phi) is 24.4. The average Bonchev–Trinajstić information content (AvgIpc) is 1.71. The summed E-state index contributed by atoms with van der Waals surface area (Å²) in [5.41, 5.74) is -0.495. The number of alkyl halides is 8. The molecule has 2 saturated carbocycles. The first-order valence-electron chi connectivity index (χ1n) is 35.7. The van der Waals surface area contributed by atoms with Gasteiger partial charge in [-0.3, -0.25) is 28.8 Å². The lowest BCUT2D eigenvalue weighted by atomic mass is 9.54. The number of halogens is 8. The third-order valence-electron chi connectivity index (χ3n) is 23.6. The number of Topliss-reactive ketones (excluding diaryl/α,β-unsaturated/α-hetero) is 2. The van der Waals surface area contributed by atoms with Crippen LogP contribution in [0.25, 0.3) is 0 Å². The lowest BCUT2D eigenvalue weighted by Gasteiger charge is -2.56. The lowest BCUT2D eigenvalue weighted by Crippen LogP contribution is -2.64. The predicted octanol–water partition coefficient (Wildman–Crippen LogP) is 12.5. The molecular weight excluding hydrogens is 1340 g/mol. The molecule has 4 aromatic rings. The minimum atomic E-state index is -2.63. The van der Waals surface area contributed by atoms with Crippen molar-refractivity contribution in [3.8, 4) is 12.1 Å². The number of hydrogen-bond acceptors (Lipinski definition) is 12. The maximum absolute atomic E-state index is 13.5. The Morgan fingerprint density at radius 1 is 0.447 bits per heavy atom. The first kappa shape index (κ1) is 77.5. The summed E-state index contributed by atoms with van der Waals surface area (Å²) in [6.07, 6.45) is -1.81. The summed E-state index contributed by atoms with van der Waals surface area (Å²) < 4.78 is 123. The fourth-order valence-electron chi connectivity index (χ4n) is 18.6. The minimum Gasteiger partial charge on any atom is -0.355 e. The summed E-state index contributed by atoms with van der Waals surface area (Å²) in [5, 5.41) is 21.8. The summed E-state index contributed by atoms with van der Waals surface area (Å²) in [5.74, 6) is -3.78. The third kappa shape index (κ3) is 14.6. The van der Waals surface area contributed by atoms with Crippen LogP contribution in [0.5, 0.6) is 0 Å². The number of nitrogens with one attached hydrogen (secondary N) is 1. The Labute approximate surface area is 596 Å². The number of nitrogens with zero attached hydrogens (tertiary/aromatic N) is 5. The van der Waals surface area contributed by atoms with Gasteiger partial charge in [-0.25, -0.2) is 35.1 Å². The number of ketones is 2. The summed E-state index contributed by atoms with van der Waals surface area (Å²) in [7, 11) is 0. The van der Waals surface area contributed by atoms with Crippen LogP contribution < -0.4 is 5.32 Å². The summed E-state index contributed by atoms with van der Waals surface area (Å²) in [6.45, 7) is 11.4. The van der Waals surface area contributed by atoms with Crippen LogP contribution in [0.3, 0.4) is 0 Å². The monoisotopic (exact) mass is 1430 g/mol. The molecule has 2 spiro atoms. The zero-order chi connectivity index (χ0) is 74.2. The number of allylic oxidation sites excluding steroid dienone is 2. The maximum Gasteiger partial charge on any atom is 0.255 e. The van der Waals surface area contributed by atoms with Crippen LogP contribution in [0.1, 0.15) is 115 Å². The van der Waals surface area contributed by atoms with Gasteiger partial charge in [0.1, 0.15) is 12.1 Å². The largest absolute Gasteiger partial charge is 0.355 e. The molecule has 4 amide bonds. The number of rotatable bonds is 11. The summed E-state index contributed by atoms with van der Waals surface area (Å²) in [6, 6.07) is 41.3. The number of ether oxygens (including phenoxy) is 4. The van der Waals surface area contributed by atoms with Crippen LogP contribution in [0.15, 0.2) is 145 Å². The van der Waals surface area contributed by atoms with Crippen LogP contribution in [0, 0.1) is 70.0 Å². The van der Waals surface area contributed by atoms with Crippen molar-refractivity contribution in [1.29, 1.82) is 10.5 Å². The van der Waals surface area contributed by atoms with E-state index in [1.807, 2.05) is 60.7 Å². The number of likely N-dealkylation sites (tertiary alicyclic amines) is 3. The molecule has 14 rings (SSSR count). The van der Waals surface area contributed by atoms with E-state index in [1.54, 1.807) is 74.5 Å². The smallest absolute Gasteiger partial charge is 0.255 e. The molecule has 10 aliphatic rings. The molecule has 552 valence electrons. The van der Waals surface area contributed by atoms with E-state index in [1.165, 1.54) is 24.0 Å². The molecule has 6 saturated heterocycles. The Morgan fingerprint density at radius 2 is 0.767 bits per heavy atom. The van der Waals surface area contributed by atoms with Gasteiger partial charge < -0.3 is 39.0 Å². The van der Waals surface area contributed by atoms with Crippen LogP contribution in [-0.4, -0.2) is 159 Å². The fourth-order valence-corrected chi connectivity index (χ4v) is 18.6. The van der Waals surface area contributed by atoms with Crippen molar-refractivity contribution in [2.75, 3.05) is 72.2 Å². The number of piperidine rings is 4. The highest BCUT2D eigenvalue weighted by Crippen LogP contribution is 2.59. The zero-order valence-corrected chi connectivity index (χ0v) is 58.6. The number of carbonyl (C=O) groups excluding carboxylic acids is 6. The average molecular weight is 1440 g/mol. The van der Waals surface area contributed by atoms with E-state index in [4.69, 9.17) is 18.9 Å². The first-order chi connectivity index (χ1) is 49.3. The predicted molar refractivity (Wildman–Crippen MR) is 364 cm³/mol. The quantitative estimate of drug-likeness (QED) is 0.139. The van der Waals surface area contributed by atoms with Crippen LogP contribution >= 0.6 is 0 Å². The molecule has 0 radical (unpaired) electrons. The van der Waals surface area contributed by atoms with Gasteiger partial charge in [0.05, 0.1) is 78.9 Å². The lowest BCUT2D eigenvalue weighted by molar-refractivity contribution is -0.239. The molecular formula is C79H90F8N6O10. The highest BCUT2D eigenvalue weighted by Gasteiger charge is 2.65. The van der Waals surface area contributed by atoms with Crippen molar-refractivity contribution in [2.24, 2.45) is 47.3 Å². The van der Waals surface area contributed by atoms with Crippen LogP contribution in [0.2, 0.25) is 0 Å². The van der Waals surface area contributed by atoms with Crippen molar-refractivity contribution in [2.45, 2.75) is 151 Å². The summed E-state index contributed by atoms with van der Waals surface area (Å²) in [4.78, 5) is 81.4. The molecule has 1 N–H and O–H groups in total. The molecule has 6 heterocycles. The molecule has 0 unspecified atom stereocenters. The van der Waals surface area contributed by atoms with Gasteiger partial charge in [-0.1, -0.05) is 156 Å². The molecule has 12 atom stereocenters. The number of carbonyl (C=O) groups is 6. The zero-order valence-electron chi connectivity index (χ0n) is 58.6. The van der Waals surface area contributed by atoms with E-state index in [0.717, 1.165) is 46.7 Å². The van der Waals surface area contributed by atoms with Crippen molar-refractivity contribution in [3.05, 3.63) is 167 Å². The minimum absolute atomic E-state index is 0.0122. The SMILES string of the molecule is CCC(F)F.C[C@@H]1C(=O)C(C#N)=C[C@]2(c3ccccc3)C(=O)N(CC(F)F)CC[C@@H]12.C[C@H]1C(=O)C(C#N)=C[C@@]2(c3ccccc3)C(=O)N(CC(F)F)CC[C@H]12.C[C@H]1[C@@H]2CCN(CC(F)F)C(=O)[C@@]2(c2ccccc2)CCC12OCCO2.C[C@H]1[C@@H]2CCNC(=O)[C@@]2(c2ccccc2)CCC12OCCO2. The van der Waals surface area contributed by atoms with Gasteiger partial charge in [-0.2, -0.15) is 10.5 Å². The number of nitriles is 2. The molecule has 0 aromatic heterocycles. The van der Waals surface area contributed by atoms with E-state index in [2.05, 4.69) is 31.3 Å². The fraction of sp³-hybridized carbons (Fsp3) is 0.544. The van der Waals surface area contributed by atoms with Crippen LogP contribution in [0.4, 0.5) is 35.1 Å². The van der Waals surface area contributed by atoms with E-state index >= 15 is 0 Å². The van der Waals surface area contributed by atoms with Crippen molar-refractivity contribution >= 4 is 35.2 Å². The number of amides is 4. The Morgan fingerprint density at radius 3 is 1.12 bits per heavy atom. The van der Waals surface area contributed by atoms with Crippen LogP contribution in [-0.2, 0) is 69.4 Å². The third-order valence-corrected chi connectivity index (χ3v) is 23.6. The Hall–Kier alpha value is -8.16. The van der Waals surface area contributed by atoms with E-state index in [-0.39, 0.29) is 89.5 Å². The Balaban J connectivity index is 0.000000144. The molecule has 6 aliphatic heterocycles. The van der Waals surface area contributed by atoms with Gasteiger partial charge in [0, 0.05) is 69.1 Å². The van der Waals surface area contributed by atoms with E-state index < -0.39 is 102 Å². The molecule has 16 nitrogen and oxygen atoms in total. The van der Waals surface area contributed by atoms with Gasteiger partial charge in [-0.05, 0) is 96.6 Å². The molecule has 24 heteroatoms. The normalized spacial score (nSPS) is 31.0. The second-order valence-corrected chi connectivity index (χ2v) is 28.4.